The standard InChI is InChI=1S/C26H22N6O/c1-17-6-8-21(9-7-17)30-24-15-25(29-18(2)28-24)31-22-10-12-23(13-11-22)32-26(33)20-5-3-4-19(14-20)16-27/h3-15H,1-2H3,(H,32,33)(H2,28,29,30,31). The van der Waals surface area contributed by atoms with Gasteiger partial charge in [-0.1, -0.05) is 23.8 Å². The van der Waals surface area contributed by atoms with Crippen molar-refractivity contribution in [2.75, 3.05) is 16.0 Å². The molecule has 1 aromatic heterocycles. The van der Waals surface area contributed by atoms with E-state index in [0.717, 1.165) is 11.4 Å². The SMILES string of the molecule is Cc1ccc(Nc2cc(Nc3ccc(NC(=O)c4cccc(C#N)c4)cc3)nc(C)n2)cc1. The summed E-state index contributed by atoms with van der Waals surface area (Å²) >= 11 is 0. The van der Waals surface area contributed by atoms with Gasteiger partial charge in [0.25, 0.3) is 5.91 Å². The van der Waals surface area contributed by atoms with Crippen LogP contribution >= 0.6 is 0 Å². The molecule has 7 nitrogen and oxygen atoms in total. The van der Waals surface area contributed by atoms with Gasteiger partial charge in [0.2, 0.25) is 0 Å². The second-order valence-electron chi connectivity index (χ2n) is 7.53. The fraction of sp³-hybridized carbons (Fsp3) is 0.0769. The third-order valence-corrected chi connectivity index (χ3v) is 4.83. The van der Waals surface area contributed by atoms with Crippen molar-refractivity contribution in [1.82, 2.24) is 9.97 Å². The molecule has 0 fully saturated rings. The van der Waals surface area contributed by atoms with Gasteiger partial charge in [-0.15, -0.1) is 0 Å². The zero-order valence-corrected chi connectivity index (χ0v) is 18.3. The lowest BCUT2D eigenvalue weighted by Gasteiger charge is -2.11. The van der Waals surface area contributed by atoms with Crippen LogP contribution < -0.4 is 16.0 Å². The zero-order valence-electron chi connectivity index (χ0n) is 18.3. The monoisotopic (exact) mass is 434 g/mol. The van der Waals surface area contributed by atoms with Crippen LogP contribution in [-0.2, 0) is 0 Å². The lowest BCUT2D eigenvalue weighted by Crippen LogP contribution is -2.11. The highest BCUT2D eigenvalue weighted by Gasteiger charge is 2.08. The summed E-state index contributed by atoms with van der Waals surface area (Å²) in [6.45, 7) is 3.88. The Hall–Kier alpha value is -4.70. The quantitative estimate of drug-likeness (QED) is 0.359. The Morgan fingerprint density at radius 3 is 1.97 bits per heavy atom. The summed E-state index contributed by atoms with van der Waals surface area (Å²) in [7, 11) is 0. The largest absolute Gasteiger partial charge is 0.340 e. The Morgan fingerprint density at radius 1 is 0.788 bits per heavy atom. The van der Waals surface area contributed by atoms with E-state index in [1.54, 1.807) is 36.4 Å². The van der Waals surface area contributed by atoms with E-state index < -0.39 is 0 Å². The van der Waals surface area contributed by atoms with Crippen LogP contribution in [0.25, 0.3) is 0 Å². The number of carbonyl (C=O) groups excluding carboxylic acids is 1. The molecule has 0 atom stereocenters. The van der Waals surface area contributed by atoms with E-state index in [1.165, 1.54) is 5.56 Å². The molecule has 0 unspecified atom stereocenters. The maximum atomic E-state index is 12.4. The van der Waals surface area contributed by atoms with Crippen molar-refractivity contribution >= 4 is 34.6 Å². The van der Waals surface area contributed by atoms with Gasteiger partial charge in [-0.2, -0.15) is 5.26 Å². The van der Waals surface area contributed by atoms with Crippen molar-refractivity contribution in [2.24, 2.45) is 0 Å². The molecule has 0 aliphatic carbocycles. The van der Waals surface area contributed by atoms with E-state index in [2.05, 4.69) is 25.9 Å². The Labute approximate surface area is 192 Å². The van der Waals surface area contributed by atoms with Crippen LogP contribution in [-0.4, -0.2) is 15.9 Å². The molecule has 0 spiro atoms. The molecular formula is C26H22N6O. The van der Waals surface area contributed by atoms with Gasteiger partial charge < -0.3 is 16.0 Å². The van der Waals surface area contributed by atoms with Crippen LogP contribution in [0.15, 0.2) is 78.9 Å². The number of nitrogens with one attached hydrogen (secondary N) is 3. The Balaban J connectivity index is 1.43. The van der Waals surface area contributed by atoms with E-state index in [4.69, 9.17) is 5.26 Å². The van der Waals surface area contributed by atoms with E-state index in [-0.39, 0.29) is 5.91 Å². The molecule has 4 aromatic rings. The summed E-state index contributed by atoms with van der Waals surface area (Å²) in [5, 5.41) is 18.4. The predicted octanol–water partition coefficient (Wildman–Crippen LogP) is 5.70. The molecule has 0 saturated heterocycles. The lowest BCUT2D eigenvalue weighted by atomic mass is 10.1. The number of amides is 1. The van der Waals surface area contributed by atoms with Crippen molar-refractivity contribution in [3.8, 4) is 6.07 Å². The highest BCUT2D eigenvalue weighted by molar-refractivity contribution is 6.04. The highest BCUT2D eigenvalue weighted by Crippen LogP contribution is 2.22. The van der Waals surface area contributed by atoms with E-state index >= 15 is 0 Å². The number of carbonyl (C=O) groups is 1. The third kappa shape index (κ3) is 5.71. The summed E-state index contributed by atoms with van der Waals surface area (Å²) in [5.41, 5.74) is 4.48. The van der Waals surface area contributed by atoms with Crippen LogP contribution in [0.1, 0.15) is 27.3 Å². The number of benzene rings is 3. The zero-order chi connectivity index (χ0) is 23.2. The normalized spacial score (nSPS) is 10.2. The van der Waals surface area contributed by atoms with Crippen LogP contribution in [0.3, 0.4) is 0 Å². The average Bonchev–Trinajstić information content (AvgIpc) is 2.81. The summed E-state index contributed by atoms with van der Waals surface area (Å²) in [6.07, 6.45) is 0. The van der Waals surface area contributed by atoms with Gasteiger partial charge in [0, 0.05) is 28.7 Å². The van der Waals surface area contributed by atoms with Crippen LogP contribution in [0.5, 0.6) is 0 Å². The molecule has 0 aliphatic rings. The van der Waals surface area contributed by atoms with E-state index in [9.17, 15) is 4.79 Å². The first kappa shape index (κ1) is 21.5. The van der Waals surface area contributed by atoms with Gasteiger partial charge in [0.1, 0.15) is 17.5 Å². The molecule has 3 aromatic carbocycles. The number of hydrogen-bond acceptors (Lipinski definition) is 6. The lowest BCUT2D eigenvalue weighted by molar-refractivity contribution is 0.102. The fourth-order valence-corrected chi connectivity index (χ4v) is 3.20. The molecule has 0 radical (unpaired) electrons. The van der Waals surface area contributed by atoms with Gasteiger partial charge in [-0.3, -0.25) is 4.79 Å². The second kappa shape index (κ2) is 9.62. The summed E-state index contributed by atoms with van der Waals surface area (Å²) < 4.78 is 0. The molecule has 1 heterocycles. The molecule has 1 amide bonds. The maximum absolute atomic E-state index is 12.4. The number of aryl methyl sites for hydroxylation is 2. The smallest absolute Gasteiger partial charge is 0.255 e. The Bertz CT molecular complexity index is 1320. The molecular weight excluding hydrogens is 412 g/mol. The number of aromatic nitrogens is 2. The van der Waals surface area contributed by atoms with E-state index in [0.29, 0.717) is 34.3 Å². The van der Waals surface area contributed by atoms with Crippen molar-refractivity contribution in [3.05, 3.63) is 101 Å². The minimum Gasteiger partial charge on any atom is -0.340 e. The molecule has 7 heteroatoms. The van der Waals surface area contributed by atoms with Crippen molar-refractivity contribution < 1.29 is 4.79 Å². The highest BCUT2D eigenvalue weighted by atomic mass is 16.1. The maximum Gasteiger partial charge on any atom is 0.255 e. The van der Waals surface area contributed by atoms with Crippen molar-refractivity contribution in [3.63, 3.8) is 0 Å². The number of rotatable bonds is 6. The first-order valence-corrected chi connectivity index (χ1v) is 10.4. The first-order valence-electron chi connectivity index (χ1n) is 10.4. The summed E-state index contributed by atoms with van der Waals surface area (Å²) in [6, 6.07) is 25.8. The second-order valence-corrected chi connectivity index (χ2v) is 7.53. The summed E-state index contributed by atoms with van der Waals surface area (Å²) in [4.78, 5) is 21.3. The Morgan fingerprint density at radius 2 is 1.36 bits per heavy atom. The van der Waals surface area contributed by atoms with Gasteiger partial charge >= 0.3 is 0 Å². The number of hydrogen-bond donors (Lipinski definition) is 3. The fourth-order valence-electron chi connectivity index (χ4n) is 3.20. The van der Waals surface area contributed by atoms with Gasteiger partial charge in [-0.05, 0) is 68.4 Å². The van der Waals surface area contributed by atoms with Crippen molar-refractivity contribution in [1.29, 1.82) is 5.26 Å². The molecule has 3 N–H and O–H groups in total. The molecule has 0 aliphatic heterocycles. The average molecular weight is 435 g/mol. The minimum absolute atomic E-state index is 0.272. The summed E-state index contributed by atoms with van der Waals surface area (Å²) in [5.74, 6) is 1.71. The predicted molar refractivity (Wildman–Crippen MR) is 130 cm³/mol. The van der Waals surface area contributed by atoms with E-state index in [1.807, 2.05) is 62.4 Å². The van der Waals surface area contributed by atoms with Crippen molar-refractivity contribution in [2.45, 2.75) is 13.8 Å². The number of anilines is 5. The molecule has 4 rings (SSSR count). The van der Waals surface area contributed by atoms with Gasteiger partial charge in [0.15, 0.2) is 0 Å². The van der Waals surface area contributed by atoms with Gasteiger partial charge in [-0.25, -0.2) is 9.97 Å². The minimum atomic E-state index is -0.272. The molecule has 33 heavy (non-hydrogen) atoms. The third-order valence-electron chi connectivity index (χ3n) is 4.83. The molecule has 162 valence electrons. The molecule has 0 saturated carbocycles. The topological polar surface area (TPSA) is 103 Å². The number of nitriles is 1. The first-order chi connectivity index (χ1) is 16.0. The Kier molecular flexibility index (Phi) is 6.28. The van der Waals surface area contributed by atoms with Crippen LogP contribution in [0.2, 0.25) is 0 Å². The molecule has 0 bridgehead atoms. The van der Waals surface area contributed by atoms with Gasteiger partial charge in [0.05, 0.1) is 11.6 Å². The van der Waals surface area contributed by atoms with Crippen LogP contribution in [0.4, 0.5) is 28.7 Å². The number of nitrogens with zero attached hydrogens (tertiary/aromatic N) is 3. The van der Waals surface area contributed by atoms with Crippen LogP contribution in [0, 0.1) is 25.2 Å².